The van der Waals surface area contributed by atoms with Gasteiger partial charge in [0.15, 0.2) is 0 Å². The van der Waals surface area contributed by atoms with Crippen LogP contribution in [0.25, 0.3) is 0 Å². The molecule has 0 aliphatic carbocycles. The number of anilines is 1. The summed E-state index contributed by atoms with van der Waals surface area (Å²) in [5, 5.41) is 12.7. The predicted octanol–water partition coefficient (Wildman–Crippen LogP) is 2.30. The van der Waals surface area contributed by atoms with Gasteiger partial charge in [0.1, 0.15) is 17.6 Å². The molecule has 3 saturated heterocycles. The van der Waals surface area contributed by atoms with Crippen LogP contribution in [-0.4, -0.2) is 64.8 Å². The van der Waals surface area contributed by atoms with Gasteiger partial charge in [0.05, 0.1) is 28.8 Å². The van der Waals surface area contributed by atoms with E-state index in [1.165, 1.54) is 4.90 Å². The molecular weight excluding hydrogens is 436 g/mol. The van der Waals surface area contributed by atoms with Crippen molar-refractivity contribution in [2.45, 2.75) is 57.3 Å². The summed E-state index contributed by atoms with van der Waals surface area (Å²) in [6.07, 6.45) is 1.33. The van der Waals surface area contributed by atoms with Gasteiger partial charge in [-0.15, -0.1) is 0 Å². The molecule has 0 aromatic heterocycles. The first-order valence-electron chi connectivity index (χ1n) is 11.0. The van der Waals surface area contributed by atoms with E-state index in [9.17, 15) is 19.5 Å². The Labute approximate surface area is 192 Å². The smallest absolute Gasteiger partial charge is 0.312 e. The molecule has 1 aromatic rings. The monoisotopic (exact) mass is 464 g/mol. The highest BCUT2D eigenvalue weighted by Gasteiger charge is 2.78. The van der Waals surface area contributed by atoms with Crippen molar-refractivity contribution in [2.75, 3.05) is 25.1 Å². The second kappa shape index (κ2) is 8.32. The van der Waals surface area contributed by atoms with Crippen molar-refractivity contribution >= 4 is 35.1 Å². The average molecular weight is 465 g/mol. The number of hydrogen-bond donors (Lipinski definition) is 2. The van der Waals surface area contributed by atoms with Crippen LogP contribution < -0.4 is 5.32 Å². The van der Waals surface area contributed by atoms with Crippen molar-refractivity contribution in [2.24, 2.45) is 11.8 Å². The number of carbonyl (C=O) groups excluding carboxylic acids is 3. The first kappa shape index (κ1) is 23.0. The van der Waals surface area contributed by atoms with Crippen LogP contribution in [0.1, 0.15) is 38.7 Å². The third-order valence-electron chi connectivity index (χ3n) is 7.09. The number of fused-ring (bicyclic) bond motifs is 1. The maximum Gasteiger partial charge on any atom is 0.312 e. The number of aliphatic hydroxyl groups excluding tert-OH is 1. The molecule has 3 aliphatic heterocycles. The third-order valence-corrected chi connectivity index (χ3v) is 7.41. The van der Waals surface area contributed by atoms with Gasteiger partial charge in [0.2, 0.25) is 11.8 Å². The van der Waals surface area contributed by atoms with Gasteiger partial charge in [-0.3, -0.25) is 14.4 Å². The lowest BCUT2D eigenvalue weighted by molar-refractivity contribution is -0.159. The molecule has 2 N–H and O–H groups in total. The molecule has 1 spiro atoms. The van der Waals surface area contributed by atoms with E-state index in [2.05, 4.69) is 5.32 Å². The minimum absolute atomic E-state index is 0.126. The van der Waals surface area contributed by atoms with Crippen molar-refractivity contribution in [3.8, 4) is 0 Å². The average Bonchev–Trinajstić information content (AvgIpc) is 3.30. The van der Waals surface area contributed by atoms with Crippen molar-refractivity contribution in [1.82, 2.24) is 4.90 Å². The van der Waals surface area contributed by atoms with E-state index in [0.29, 0.717) is 30.0 Å². The lowest BCUT2D eigenvalue weighted by Crippen LogP contribution is -2.53. The maximum atomic E-state index is 13.6. The number of para-hydroxylation sites is 1. The number of likely N-dealkylation sites (tertiary alicyclic amines) is 1. The predicted molar refractivity (Wildman–Crippen MR) is 117 cm³/mol. The molecule has 2 amide bonds. The van der Waals surface area contributed by atoms with E-state index in [-0.39, 0.29) is 25.7 Å². The summed E-state index contributed by atoms with van der Waals surface area (Å²) in [5.74, 6) is -2.78. The van der Waals surface area contributed by atoms with Crippen molar-refractivity contribution in [3.63, 3.8) is 0 Å². The van der Waals surface area contributed by atoms with E-state index < -0.39 is 41.0 Å². The third kappa shape index (κ3) is 3.31. The summed E-state index contributed by atoms with van der Waals surface area (Å²) < 4.78 is 11.7. The van der Waals surface area contributed by atoms with Crippen molar-refractivity contribution < 1.29 is 29.0 Å². The number of rotatable bonds is 7. The van der Waals surface area contributed by atoms with Crippen LogP contribution in [0, 0.1) is 18.8 Å². The number of halogens is 1. The molecule has 0 radical (unpaired) electrons. The summed E-state index contributed by atoms with van der Waals surface area (Å²) in [5.41, 5.74) is -0.722. The Morgan fingerprint density at radius 3 is 2.78 bits per heavy atom. The van der Waals surface area contributed by atoms with Gasteiger partial charge in [-0.2, -0.15) is 0 Å². The number of amides is 2. The SMILES string of the molecule is CCOC(=O)[C@H]1[C@H]2C(=O)N(CCCO)C(C(=O)Nc3c(C)cccc3Cl)C23CC[C@]1(C)O3. The van der Waals surface area contributed by atoms with Crippen LogP contribution in [0.3, 0.4) is 0 Å². The Balaban J connectivity index is 1.74. The molecule has 2 unspecified atom stereocenters. The second-order valence-electron chi connectivity index (χ2n) is 9.01. The van der Waals surface area contributed by atoms with Crippen LogP contribution in [0.15, 0.2) is 18.2 Å². The Hall–Kier alpha value is -2.16. The minimum Gasteiger partial charge on any atom is -0.466 e. The number of aliphatic hydroxyl groups is 1. The summed E-state index contributed by atoms with van der Waals surface area (Å²) in [4.78, 5) is 41.6. The second-order valence-corrected chi connectivity index (χ2v) is 9.42. The Morgan fingerprint density at radius 2 is 2.12 bits per heavy atom. The molecule has 0 saturated carbocycles. The summed E-state index contributed by atoms with van der Waals surface area (Å²) >= 11 is 6.32. The molecular formula is C23H29ClN2O6. The maximum absolute atomic E-state index is 13.6. The number of nitrogens with one attached hydrogen (secondary N) is 1. The fourth-order valence-corrected chi connectivity index (χ4v) is 6.05. The topological polar surface area (TPSA) is 105 Å². The number of carbonyl (C=O) groups is 3. The highest BCUT2D eigenvalue weighted by Crippen LogP contribution is 2.63. The molecule has 174 valence electrons. The van der Waals surface area contributed by atoms with Gasteiger partial charge >= 0.3 is 5.97 Å². The highest BCUT2D eigenvalue weighted by molar-refractivity contribution is 6.34. The normalized spacial score (nSPS) is 32.8. The summed E-state index contributed by atoms with van der Waals surface area (Å²) in [6, 6.07) is 4.37. The van der Waals surface area contributed by atoms with Crippen LogP contribution in [-0.2, 0) is 23.9 Å². The lowest BCUT2D eigenvalue weighted by atomic mass is 9.66. The molecule has 8 nitrogen and oxygen atoms in total. The number of nitrogens with zero attached hydrogens (tertiary/aromatic N) is 1. The highest BCUT2D eigenvalue weighted by atomic mass is 35.5. The number of benzene rings is 1. The largest absolute Gasteiger partial charge is 0.466 e. The molecule has 1 aromatic carbocycles. The molecule has 3 aliphatic rings. The first-order chi connectivity index (χ1) is 15.2. The van der Waals surface area contributed by atoms with Crippen LogP contribution >= 0.6 is 11.6 Å². The lowest BCUT2D eigenvalue weighted by Gasteiger charge is -2.33. The first-order valence-corrected chi connectivity index (χ1v) is 11.4. The van der Waals surface area contributed by atoms with Gasteiger partial charge in [0, 0.05) is 13.2 Å². The van der Waals surface area contributed by atoms with Gasteiger partial charge in [-0.25, -0.2) is 0 Å². The quantitative estimate of drug-likeness (QED) is 0.600. The van der Waals surface area contributed by atoms with Crippen molar-refractivity contribution in [1.29, 1.82) is 0 Å². The van der Waals surface area contributed by atoms with Gasteiger partial charge in [0.25, 0.3) is 0 Å². The zero-order valence-electron chi connectivity index (χ0n) is 18.5. The molecule has 32 heavy (non-hydrogen) atoms. The van der Waals surface area contributed by atoms with E-state index in [1.807, 2.05) is 19.9 Å². The molecule has 2 bridgehead atoms. The van der Waals surface area contributed by atoms with Crippen LogP contribution in [0.2, 0.25) is 5.02 Å². The number of esters is 1. The minimum atomic E-state index is -1.13. The standard InChI is InChI=1S/C23H29ClN2O6/c1-4-31-21(30)16-15-20(29)26(11-6-12-27)18(23(15)10-9-22(16,3)32-23)19(28)25-17-13(2)7-5-8-14(17)24/h5,7-8,15-16,18,27H,4,6,9-12H2,1-3H3,(H,25,28)/t15-,16+,18?,22-,23?/m0/s1. The number of aryl methyl sites for hydroxylation is 1. The zero-order chi connectivity index (χ0) is 23.3. The number of ether oxygens (including phenoxy) is 2. The van der Waals surface area contributed by atoms with E-state index in [0.717, 1.165) is 5.56 Å². The van der Waals surface area contributed by atoms with Crippen molar-refractivity contribution in [3.05, 3.63) is 28.8 Å². The molecule has 9 heteroatoms. The number of hydrogen-bond acceptors (Lipinski definition) is 6. The van der Waals surface area contributed by atoms with Gasteiger partial charge < -0.3 is 24.8 Å². The fourth-order valence-electron chi connectivity index (χ4n) is 5.78. The van der Waals surface area contributed by atoms with E-state index in [4.69, 9.17) is 21.1 Å². The van der Waals surface area contributed by atoms with Gasteiger partial charge in [-0.05, 0) is 51.7 Å². The molecule has 5 atom stereocenters. The van der Waals surface area contributed by atoms with Gasteiger partial charge in [-0.1, -0.05) is 23.7 Å². The van der Waals surface area contributed by atoms with E-state index >= 15 is 0 Å². The Morgan fingerprint density at radius 1 is 1.38 bits per heavy atom. The van der Waals surface area contributed by atoms with E-state index in [1.54, 1.807) is 19.1 Å². The fraction of sp³-hybridized carbons (Fsp3) is 0.609. The Kier molecular flexibility index (Phi) is 5.98. The summed E-state index contributed by atoms with van der Waals surface area (Å²) in [6.45, 7) is 5.63. The van der Waals surface area contributed by atoms with Crippen LogP contribution in [0.4, 0.5) is 5.69 Å². The molecule has 3 fully saturated rings. The van der Waals surface area contributed by atoms with Crippen LogP contribution in [0.5, 0.6) is 0 Å². The Bertz CT molecular complexity index is 934. The zero-order valence-corrected chi connectivity index (χ0v) is 19.3. The molecule has 3 heterocycles. The molecule has 4 rings (SSSR count). The summed E-state index contributed by atoms with van der Waals surface area (Å²) in [7, 11) is 0.